The number of amides is 1. The fourth-order valence-electron chi connectivity index (χ4n) is 3.55. The van der Waals surface area contributed by atoms with Gasteiger partial charge in [-0.15, -0.1) is 0 Å². The third-order valence-corrected chi connectivity index (χ3v) is 5.60. The van der Waals surface area contributed by atoms with Gasteiger partial charge in [-0.05, 0) is 48.9 Å². The predicted molar refractivity (Wildman–Crippen MR) is 101 cm³/mol. The lowest BCUT2D eigenvalue weighted by molar-refractivity contribution is -0.138. The molecular formula is C20H28ClNO4. The summed E-state index contributed by atoms with van der Waals surface area (Å²) in [4.78, 5) is 14.4. The van der Waals surface area contributed by atoms with E-state index in [-0.39, 0.29) is 24.7 Å². The number of aryl methyl sites for hydroxylation is 1. The van der Waals surface area contributed by atoms with E-state index < -0.39 is 0 Å². The lowest BCUT2D eigenvalue weighted by Gasteiger charge is -2.33. The molecule has 5 nitrogen and oxygen atoms in total. The maximum atomic E-state index is 12.5. The Morgan fingerprint density at radius 3 is 2.54 bits per heavy atom. The number of nitrogens with zero attached hydrogens (tertiary/aromatic N) is 1. The largest absolute Gasteiger partial charge is 0.483 e. The summed E-state index contributed by atoms with van der Waals surface area (Å²) in [5, 5.41) is 0.728. The fourth-order valence-corrected chi connectivity index (χ4v) is 3.72. The average molecular weight is 382 g/mol. The molecule has 2 heterocycles. The van der Waals surface area contributed by atoms with Crippen LogP contribution in [0.4, 0.5) is 0 Å². The third kappa shape index (κ3) is 4.51. The zero-order chi connectivity index (χ0) is 18.7. The van der Waals surface area contributed by atoms with Crippen molar-refractivity contribution in [2.75, 3.05) is 32.9 Å². The van der Waals surface area contributed by atoms with Gasteiger partial charge in [-0.1, -0.05) is 25.4 Å². The van der Waals surface area contributed by atoms with E-state index in [1.165, 1.54) is 0 Å². The van der Waals surface area contributed by atoms with Crippen molar-refractivity contribution in [1.29, 1.82) is 0 Å². The molecule has 0 atom stereocenters. The number of likely N-dealkylation sites (tertiary alicyclic amines) is 1. The molecule has 6 heteroatoms. The number of piperidine rings is 1. The summed E-state index contributed by atoms with van der Waals surface area (Å²) in [6.07, 6.45) is 1.73. The molecule has 144 valence electrons. The van der Waals surface area contributed by atoms with Crippen LogP contribution >= 0.6 is 11.6 Å². The summed E-state index contributed by atoms with van der Waals surface area (Å²) < 4.78 is 17.1. The summed E-state index contributed by atoms with van der Waals surface area (Å²) in [6, 6.07) is 3.86. The SMILES string of the molecule is Cc1cc(OCC(=O)N2CCC(C3OCCO3)CC2)c(C(C)C)cc1Cl. The van der Waals surface area contributed by atoms with Crippen molar-refractivity contribution in [3.8, 4) is 5.75 Å². The van der Waals surface area contributed by atoms with Crippen molar-refractivity contribution < 1.29 is 19.0 Å². The molecule has 3 rings (SSSR count). The maximum Gasteiger partial charge on any atom is 0.260 e. The van der Waals surface area contributed by atoms with Crippen LogP contribution in [-0.4, -0.2) is 50.0 Å². The zero-order valence-corrected chi connectivity index (χ0v) is 16.6. The molecule has 26 heavy (non-hydrogen) atoms. The van der Waals surface area contributed by atoms with Crippen molar-refractivity contribution in [3.63, 3.8) is 0 Å². The number of rotatable bonds is 5. The highest BCUT2D eigenvalue weighted by atomic mass is 35.5. The molecule has 2 aliphatic rings. The second-order valence-corrected chi connectivity index (χ2v) is 7.82. The molecule has 0 spiro atoms. The number of hydrogen-bond acceptors (Lipinski definition) is 4. The van der Waals surface area contributed by atoms with Crippen LogP contribution in [0, 0.1) is 12.8 Å². The van der Waals surface area contributed by atoms with Crippen molar-refractivity contribution in [2.45, 2.75) is 45.8 Å². The topological polar surface area (TPSA) is 48.0 Å². The van der Waals surface area contributed by atoms with E-state index in [2.05, 4.69) is 13.8 Å². The predicted octanol–water partition coefficient (Wildman–Crippen LogP) is 3.76. The van der Waals surface area contributed by atoms with E-state index in [0.717, 1.165) is 47.8 Å². The van der Waals surface area contributed by atoms with Gasteiger partial charge in [-0.2, -0.15) is 0 Å². The van der Waals surface area contributed by atoms with Gasteiger partial charge < -0.3 is 19.1 Å². The third-order valence-electron chi connectivity index (χ3n) is 5.19. The Labute approximate surface area is 160 Å². The van der Waals surface area contributed by atoms with Crippen LogP contribution in [0.2, 0.25) is 5.02 Å². The number of carbonyl (C=O) groups is 1. The first-order chi connectivity index (χ1) is 12.5. The summed E-state index contributed by atoms with van der Waals surface area (Å²) in [5.74, 6) is 1.44. The lowest BCUT2D eigenvalue weighted by atomic mass is 9.96. The van der Waals surface area contributed by atoms with Crippen molar-refractivity contribution in [2.24, 2.45) is 5.92 Å². The Kier molecular flexibility index (Phi) is 6.43. The molecule has 0 radical (unpaired) electrons. The van der Waals surface area contributed by atoms with Crippen molar-refractivity contribution in [1.82, 2.24) is 4.90 Å². The summed E-state index contributed by atoms with van der Waals surface area (Å²) >= 11 is 6.23. The average Bonchev–Trinajstić information content (AvgIpc) is 3.16. The lowest BCUT2D eigenvalue weighted by Crippen LogP contribution is -2.43. The van der Waals surface area contributed by atoms with E-state index in [4.69, 9.17) is 25.8 Å². The van der Waals surface area contributed by atoms with Crippen LogP contribution < -0.4 is 4.74 Å². The van der Waals surface area contributed by atoms with Crippen LogP contribution in [0.3, 0.4) is 0 Å². The number of hydrogen-bond donors (Lipinski definition) is 0. The van der Waals surface area contributed by atoms with Crippen molar-refractivity contribution >= 4 is 17.5 Å². The molecule has 2 aliphatic heterocycles. The van der Waals surface area contributed by atoms with E-state index in [0.29, 0.717) is 19.1 Å². The molecule has 0 N–H and O–H groups in total. The second kappa shape index (κ2) is 8.59. The Hall–Kier alpha value is -1.30. The van der Waals surface area contributed by atoms with E-state index >= 15 is 0 Å². The Morgan fingerprint density at radius 2 is 1.92 bits per heavy atom. The molecule has 0 bridgehead atoms. The fraction of sp³-hybridized carbons (Fsp3) is 0.650. The second-order valence-electron chi connectivity index (χ2n) is 7.41. The van der Waals surface area contributed by atoms with Gasteiger partial charge in [0.1, 0.15) is 5.75 Å². The molecule has 1 aromatic rings. The highest BCUT2D eigenvalue weighted by Crippen LogP contribution is 2.32. The first-order valence-electron chi connectivity index (χ1n) is 9.39. The van der Waals surface area contributed by atoms with Gasteiger partial charge in [0.05, 0.1) is 13.2 Å². The van der Waals surface area contributed by atoms with Gasteiger partial charge in [0.25, 0.3) is 5.91 Å². The van der Waals surface area contributed by atoms with Gasteiger partial charge in [0.2, 0.25) is 0 Å². The highest BCUT2D eigenvalue weighted by Gasteiger charge is 2.31. The summed E-state index contributed by atoms with van der Waals surface area (Å²) in [6.45, 7) is 8.99. The van der Waals surface area contributed by atoms with Crippen molar-refractivity contribution in [3.05, 3.63) is 28.3 Å². The number of carbonyl (C=O) groups excluding carboxylic acids is 1. The Balaban J connectivity index is 1.54. The zero-order valence-electron chi connectivity index (χ0n) is 15.8. The summed E-state index contributed by atoms with van der Waals surface area (Å²) in [5.41, 5.74) is 1.98. The first kappa shape index (κ1) is 19.5. The molecule has 1 aromatic carbocycles. The molecular weight excluding hydrogens is 354 g/mol. The minimum absolute atomic E-state index is 0.0269. The van der Waals surface area contributed by atoms with Crippen LogP contribution in [-0.2, 0) is 14.3 Å². The maximum absolute atomic E-state index is 12.5. The van der Waals surface area contributed by atoms with Crippen LogP contribution in [0.5, 0.6) is 5.75 Å². The number of halogens is 1. The minimum atomic E-state index is -0.0888. The highest BCUT2D eigenvalue weighted by molar-refractivity contribution is 6.31. The molecule has 2 saturated heterocycles. The van der Waals surface area contributed by atoms with Crippen LogP contribution in [0.25, 0.3) is 0 Å². The van der Waals surface area contributed by atoms with Gasteiger partial charge in [-0.3, -0.25) is 4.79 Å². The number of ether oxygens (including phenoxy) is 3. The van der Waals surface area contributed by atoms with Gasteiger partial charge in [0.15, 0.2) is 12.9 Å². The van der Waals surface area contributed by atoms with Gasteiger partial charge in [0, 0.05) is 24.0 Å². The normalized spacial score (nSPS) is 19.3. The number of benzene rings is 1. The Bertz CT molecular complexity index is 635. The molecule has 2 fully saturated rings. The minimum Gasteiger partial charge on any atom is -0.483 e. The van der Waals surface area contributed by atoms with Crippen LogP contribution in [0.15, 0.2) is 12.1 Å². The molecule has 0 aromatic heterocycles. The van der Waals surface area contributed by atoms with E-state index in [1.54, 1.807) is 0 Å². The van der Waals surface area contributed by atoms with Gasteiger partial charge >= 0.3 is 0 Å². The standard InChI is InChI=1S/C20H28ClNO4/c1-13(2)16-11-17(21)14(3)10-18(16)26-12-19(23)22-6-4-15(5-7-22)20-24-8-9-25-20/h10-11,13,15,20H,4-9,12H2,1-3H3. The first-order valence-corrected chi connectivity index (χ1v) is 9.77. The smallest absolute Gasteiger partial charge is 0.260 e. The molecule has 0 aliphatic carbocycles. The quantitative estimate of drug-likeness (QED) is 0.779. The summed E-state index contributed by atoms with van der Waals surface area (Å²) in [7, 11) is 0. The van der Waals surface area contributed by atoms with E-state index in [1.807, 2.05) is 24.0 Å². The monoisotopic (exact) mass is 381 g/mol. The molecule has 0 saturated carbocycles. The molecule has 0 unspecified atom stereocenters. The van der Waals surface area contributed by atoms with Crippen LogP contribution in [0.1, 0.15) is 43.7 Å². The Morgan fingerprint density at radius 1 is 1.27 bits per heavy atom. The van der Waals surface area contributed by atoms with Gasteiger partial charge in [-0.25, -0.2) is 0 Å². The molecule has 1 amide bonds. The van der Waals surface area contributed by atoms with E-state index in [9.17, 15) is 4.79 Å².